The number of hydrogen-bond donors (Lipinski definition) is 2. The fourth-order valence-electron chi connectivity index (χ4n) is 2.53. The molecular weight excluding hydrogens is 268 g/mol. The van der Waals surface area contributed by atoms with Crippen molar-refractivity contribution in [3.8, 4) is 5.82 Å². The van der Waals surface area contributed by atoms with Crippen LogP contribution in [0.1, 0.15) is 32.1 Å². The van der Waals surface area contributed by atoms with Crippen LogP contribution in [-0.4, -0.2) is 31.8 Å². The van der Waals surface area contributed by atoms with Crippen molar-refractivity contribution >= 4 is 11.7 Å². The molecule has 2 aromatic rings. The van der Waals surface area contributed by atoms with Gasteiger partial charge in [-0.1, -0.05) is 19.3 Å². The summed E-state index contributed by atoms with van der Waals surface area (Å²) in [6.45, 7) is 0. The first-order chi connectivity index (χ1) is 10.3. The predicted octanol–water partition coefficient (Wildman–Crippen LogP) is 2.12. The van der Waals surface area contributed by atoms with Gasteiger partial charge in [-0.15, -0.1) is 10.2 Å². The van der Waals surface area contributed by atoms with Gasteiger partial charge in [-0.25, -0.2) is 9.78 Å². The van der Waals surface area contributed by atoms with Crippen molar-refractivity contribution in [1.82, 2.24) is 25.1 Å². The lowest BCUT2D eigenvalue weighted by Gasteiger charge is -2.22. The Morgan fingerprint density at radius 1 is 1.14 bits per heavy atom. The van der Waals surface area contributed by atoms with Gasteiger partial charge in [-0.05, 0) is 25.0 Å². The van der Waals surface area contributed by atoms with E-state index in [1.54, 1.807) is 29.5 Å². The van der Waals surface area contributed by atoms with Crippen LogP contribution in [0.4, 0.5) is 10.5 Å². The van der Waals surface area contributed by atoms with Crippen molar-refractivity contribution in [1.29, 1.82) is 0 Å². The van der Waals surface area contributed by atoms with Crippen LogP contribution < -0.4 is 10.6 Å². The van der Waals surface area contributed by atoms with E-state index in [4.69, 9.17) is 0 Å². The molecule has 2 aromatic heterocycles. The molecule has 7 nitrogen and oxygen atoms in total. The van der Waals surface area contributed by atoms with Crippen LogP contribution in [-0.2, 0) is 0 Å². The maximum atomic E-state index is 11.9. The SMILES string of the molecule is O=C(Nc1ccc(-n2cnnc2)nc1)NC1CCCCC1. The lowest BCUT2D eigenvalue weighted by Crippen LogP contribution is -2.39. The van der Waals surface area contributed by atoms with Crippen LogP contribution in [0.25, 0.3) is 5.82 Å². The minimum atomic E-state index is -0.166. The molecule has 1 aliphatic carbocycles. The Bertz CT molecular complexity index is 574. The van der Waals surface area contributed by atoms with E-state index in [0.717, 1.165) is 12.8 Å². The van der Waals surface area contributed by atoms with Crippen molar-refractivity contribution in [2.24, 2.45) is 0 Å². The molecule has 7 heteroatoms. The number of pyridine rings is 1. The third-order valence-corrected chi connectivity index (χ3v) is 3.63. The highest BCUT2D eigenvalue weighted by Crippen LogP contribution is 2.17. The number of carbonyl (C=O) groups excluding carboxylic acids is 1. The fourth-order valence-corrected chi connectivity index (χ4v) is 2.53. The number of hydrogen-bond acceptors (Lipinski definition) is 4. The summed E-state index contributed by atoms with van der Waals surface area (Å²) in [4.78, 5) is 16.2. The summed E-state index contributed by atoms with van der Waals surface area (Å²) in [5.41, 5.74) is 0.667. The Morgan fingerprint density at radius 3 is 2.57 bits per heavy atom. The fraction of sp³-hybridized carbons (Fsp3) is 0.429. The van der Waals surface area contributed by atoms with E-state index in [-0.39, 0.29) is 6.03 Å². The maximum Gasteiger partial charge on any atom is 0.319 e. The highest BCUT2D eigenvalue weighted by molar-refractivity contribution is 5.89. The second-order valence-corrected chi connectivity index (χ2v) is 5.21. The molecule has 21 heavy (non-hydrogen) atoms. The molecule has 1 fully saturated rings. The van der Waals surface area contributed by atoms with Gasteiger partial charge in [-0.2, -0.15) is 0 Å². The van der Waals surface area contributed by atoms with Crippen molar-refractivity contribution in [3.63, 3.8) is 0 Å². The van der Waals surface area contributed by atoms with Crippen LogP contribution in [0, 0.1) is 0 Å². The van der Waals surface area contributed by atoms with Crippen LogP contribution in [0.5, 0.6) is 0 Å². The normalized spacial score (nSPS) is 15.6. The number of anilines is 1. The Labute approximate surface area is 122 Å². The molecule has 0 saturated heterocycles. The molecular formula is C14H18N6O. The van der Waals surface area contributed by atoms with E-state index in [2.05, 4.69) is 25.8 Å². The van der Waals surface area contributed by atoms with Crippen LogP contribution in [0.3, 0.4) is 0 Å². The number of urea groups is 1. The van der Waals surface area contributed by atoms with E-state index in [9.17, 15) is 4.79 Å². The number of amides is 2. The summed E-state index contributed by atoms with van der Waals surface area (Å²) in [6, 6.07) is 3.74. The van der Waals surface area contributed by atoms with Gasteiger partial charge >= 0.3 is 6.03 Å². The zero-order valence-corrected chi connectivity index (χ0v) is 11.7. The van der Waals surface area contributed by atoms with E-state index in [1.807, 2.05) is 6.07 Å². The molecule has 0 aliphatic heterocycles. The lowest BCUT2D eigenvalue weighted by atomic mass is 9.96. The number of rotatable bonds is 3. The molecule has 1 aliphatic rings. The smallest absolute Gasteiger partial charge is 0.319 e. The van der Waals surface area contributed by atoms with Crippen molar-refractivity contribution in [2.45, 2.75) is 38.1 Å². The first-order valence-corrected chi connectivity index (χ1v) is 7.20. The molecule has 2 heterocycles. The Balaban J connectivity index is 1.56. The van der Waals surface area contributed by atoms with Gasteiger partial charge in [0.2, 0.25) is 0 Å². The summed E-state index contributed by atoms with van der Waals surface area (Å²) in [7, 11) is 0. The molecule has 0 atom stereocenters. The number of carbonyl (C=O) groups is 1. The average Bonchev–Trinajstić information content (AvgIpc) is 3.03. The van der Waals surface area contributed by atoms with Crippen LogP contribution in [0.15, 0.2) is 31.0 Å². The van der Waals surface area contributed by atoms with Crippen LogP contribution >= 0.6 is 0 Å². The zero-order chi connectivity index (χ0) is 14.5. The molecule has 0 bridgehead atoms. The second-order valence-electron chi connectivity index (χ2n) is 5.21. The van der Waals surface area contributed by atoms with Gasteiger partial charge in [0.25, 0.3) is 0 Å². The molecule has 2 N–H and O–H groups in total. The second kappa shape index (κ2) is 6.34. The standard InChI is InChI=1S/C14H18N6O/c21-14(18-11-4-2-1-3-5-11)19-12-6-7-13(15-8-12)20-9-16-17-10-20/h6-11H,1-5H2,(H2,18,19,21). The van der Waals surface area contributed by atoms with Crippen molar-refractivity contribution < 1.29 is 4.79 Å². The zero-order valence-electron chi connectivity index (χ0n) is 11.7. The van der Waals surface area contributed by atoms with E-state index >= 15 is 0 Å². The summed E-state index contributed by atoms with van der Waals surface area (Å²) in [5, 5.41) is 13.3. The predicted molar refractivity (Wildman–Crippen MR) is 78.2 cm³/mol. The van der Waals surface area contributed by atoms with Crippen molar-refractivity contribution in [3.05, 3.63) is 31.0 Å². The third-order valence-electron chi connectivity index (χ3n) is 3.63. The van der Waals surface area contributed by atoms with E-state index in [1.165, 1.54) is 19.3 Å². The third kappa shape index (κ3) is 3.56. The lowest BCUT2D eigenvalue weighted by molar-refractivity contribution is 0.244. The minimum Gasteiger partial charge on any atom is -0.335 e. The van der Waals surface area contributed by atoms with Gasteiger partial charge in [0.15, 0.2) is 0 Å². The summed E-state index contributed by atoms with van der Waals surface area (Å²) in [6.07, 6.45) is 10.6. The quantitative estimate of drug-likeness (QED) is 0.905. The maximum absolute atomic E-state index is 11.9. The van der Waals surface area contributed by atoms with E-state index in [0.29, 0.717) is 17.5 Å². The Morgan fingerprint density at radius 2 is 1.90 bits per heavy atom. The molecule has 2 amide bonds. The van der Waals surface area contributed by atoms with Crippen molar-refractivity contribution in [2.75, 3.05) is 5.32 Å². The summed E-state index contributed by atoms with van der Waals surface area (Å²) in [5.74, 6) is 0.707. The van der Waals surface area contributed by atoms with E-state index < -0.39 is 0 Å². The van der Waals surface area contributed by atoms with Gasteiger partial charge in [0.1, 0.15) is 18.5 Å². The first-order valence-electron chi connectivity index (χ1n) is 7.20. The Kier molecular flexibility index (Phi) is 4.09. The summed E-state index contributed by atoms with van der Waals surface area (Å²) >= 11 is 0. The molecule has 0 aromatic carbocycles. The molecule has 0 unspecified atom stereocenters. The topological polar surface area (TPSA) is 84.7 Å². The van der Waals surface area contributed by atoms with Crippen LogP contribution in [0.2, 0.25) is 0 Å². The number of aromatic nitrogens is 4. The minimum absolute atomic E-state index is 0.166. The first kappa shape index (κ1) is 13.5. The largest absolute Gasteiger partial charge is 0.335 e. The number of nitrogens with zero attached hydrogens (tertiary/aromatic N) is 4. The Hall–Kier alpha value is -2.44. The van der Waals surface area contributed by atoms with Gasteiger partial charge in [0.05, 0.1) is 11.9 Å². The van der Waals surface area contributed by atoms with Gasteiger partial charge in [0, 0.05) is 6.04 Å². The number of nitrogens with one attached hydrogen (secondary N) is 2. The summed E-state index contributed by atoms with van der Waals surface area (Å²) < 4.78 is 1.70. The molecule has 1 saturated carbocycles. The molecule has 0 spiro atoms. The van der Waals surface area contributed by atoms with Gasteiger partial charge in [-0.3, -0.25) is 4.57 Å². The molecule has 110 valence electrons. The highest BCUT2D eigenvalue weighted by atomic mass is 16.2. The molecule has 0 radical (unpaired) electrons. The average molecular weight is 286 g/mol. The van der Waals surface area contributed by atoms with Gasteiger partial charge < -0.3 is 10.6 Å². The highest BCUT2D eigenvalue weighted by Gasteiger charge is 2.15. The molecule has 3 rings (SSSR count). The monoisotopic (exact) mass is 286 g/mol.